The van der Waals surface area contributed by atoms with Gasteiger partial charge in [-0.3, -0.25) is 5.43 Å². The van der Waals surface area contributed by atoms with Crippen LogP contribution in [0.25, 0.3) is 0 Å². The van der Waals surface area contributed by atoms with E-state index in [-0.39, 0.29) is 6.04 Å². The summed E-state index contributed by atoms with van der Waals surface area (Å²) in [4.78, 5) is 19.7. The lowest BCUT2D eigenvalue weighted by atomic mass is 9.99. The number of hydrogen-bond acceptors (Lipinski definition) is 3. The minimum absolute atomic E-state index is 0.125. The van der Waals surface area contributed by atoms with Crippen LogP contribution in [0.5, 0.6) is 0 Å². The van der Waals surface area contributed by atoms with E-state index < -0.39 is 18.2 Å². The summed E-state index contributed by atoms with van der Waals surface area (Å²) in [7, 11) is 0. The summed E-state index contributed by atoms with van der Waals surface area (Å²) >= 11 is 0. The number of benzene rings is 2. The van der Waals surface area contributed by atoms with E-state index in [0.29, 0.717) is 0 Å². The molecule has 134 valence electrons. The second-order valence-corrected chi connectivity index (χ2v) is 4.69. The molecule has 0 heterocycles. The number of hydrogen-bond donors (Lipinski definition) is 4. The largest absolute Gasteiger partial charge is 0.490 e. The van der Waals surface area contributed by atoms with Gasteiger partial charge in [0.05, 0.1) is 6.04 Å². The average Bonchev–Trinajstić information content (AvgIpc) is 2.56. The highest BCUT2D eigenvalue weighted by molar-refractivity contribution is 5.73. The molecule has 25 heavy (non-hydrogen) atoms. The molecule has 0 radical (unpaired) electrons. The number of hydrazine groups is 1. The fourth-order valence-electron chi connectivity index (χ4n) is 1.79. The van der Waals surface area contributed by atoms with Gasteiger partial charge in [0, 0.05) is 0 Å². The number of urea groups is 1. The maximum absolute atomic E-state index is 10.8. The number of aliphatic carboxylic acids is 1. The number of rotatable bonds is 4. The molecule has 2 rings (SSSR count). The van der Waals surface area contributed by atoms with E-state index in [1.807, 2.05) is 60.7 Å². The first-order chi connectivity index (χ1) is 11.7. The predicted molar refractivity (Wildman–Crippen MR) is 84.3 cm³/mol. The van der Waals surface area contributed by atoms with E-state index in [9.17, 15) is 18.0 Å². The van der Waals surface area contributed by atoms with Crippen LogP contribution < -0.4 is 16.6 Å². The third-order valence-electron chi connectivity index (χ3n) is 2.85. The van der Waals surface area contributed by atoms with Crippen LogP contribution in [0.2, 0.25) is 0 Å². The lowest BCUT2D eigenvalue weighted by molar-refractivity contribution is -0.192. The molecule has 2 amide bonds. The van der Waals surface area contributed by atoms with Gasteiger partial charge in [0.15, 0.2) is 0 Å². The Balaban J connectivity index is 0.000000381. The number of nitrogens with two attached hydrogens (primary N) is 1. The van der Waals surface area contributed by atoms with Gasteiger partial charge in [-0.2, -0.15) is 13.2 Å². The maximum atomic E-state index is 10.8. The fourth-order valence-corrected chi connectivity index (χ4v) is 1.79. The molecule has 6 nitrogen and oxygen atoms in total. The molecule has 0 spiro atoms. The number of amides is 2. The van der Waals surface area contributed by atoms with Crippen molar-refractivity contribution in [1.82, 2.24) is 10.9 Å². The Morgan fingerprint density at radius 2 is 1.28 bits per heavy atom. The number of carbonyl (C=O) groups is 2. The van der Waals surface area contributed by atoms with Crippen LogP contribution in [0.1, 0.15) is 17.2 Å². The van der Waals surface area contributed by atoms with Crippen molar-refractivity contribution in [2.45, 2.75) is 12.2 Å². The van der Waals surface area contributed by atoms with E-state index in [0.717, 1.165) is 11.1 Å². The Bertz CT molecular complexity index is 640. The summed E-state index contributed by atoms with van der Waals surface area (Å²) in [5, 5.41) is 7.12. The van der Waals surface area contributed by atoms with Crippen LogP contribution in [0, 0.1) is 0 Å². The van der Waals surface area contributed by atoms with Crippen LogP contribution in [0.4, 0.5) is 18.0 Å². The average molecular weight is 355 g/mol. The molecule has 0 fully saturated rings. The molecule has 0 unspecified atom stereocenters. The van der Waals surface area contributed by atoms with Crippen molar-refractivity contribution in [3.05, 3.63) is 71.8 Å². The number of halogens is 3. The number of nitrogens with one attached hydrogen (secondary N) is 2. The normalized spacial score (nSPS) is 10.6. The van der Waals surface area contributed by atoms with E-state index in [1.54, 1.807) is 0 Å². The SMILES string of the molecule is NC(=O)NNC(c1ccccc1)c1ccccc1.O=C(O)C(F)(F)F. The maximum Gasteiger partial charge on any atom is 0.490 e. The molecule has 2 aromatic carbocycles. The predicted octanol–water partition coefficient (Wildman–Crippen LogP) is 2.58. The topological polar surface area (TPSA) is 104 Å². The molecule has 0 saturated heterocycles. The highest BCUT2D eigenvalue weighted by Gasteiger charge is 2.38. The molecule has 9 heteroatoms. The third-order valence-corrected chi connectivity index (χ3v) is 2.85. The van der Waals surface area contributed by atoms with Gasteiger partial charge >= 0.3 is 18.2 Å². The summed E-state index contributed by atoms with van der Waals surface area (Å²) in [6.45, 7) is 0. The van der Waals surface area contributed by atoms with Crippen LogP contribution in [0.3, 0.4) is 0 Å². The van der Waals surface area contributed by atoms with Gasteiger partial charge < -0.3 is 10.8 Å². The molecule has 0 atom stereocenters. The Labute approximate surface area is 141 Å². The molecule has 0 aliphatic rings. The van der Waals surface area contributed by atoms with E-state index in [4.69, 9.17) is 15.6 Å². The fraction of sp³-hybridized carbons (Fsp3) is 0.125. The van der Waals surface area contributed by atoms with Gasteiger partial charge in [0.25, 0.3) is 0 Å². The highest BCUT2D eigenvalue weighted by Crippen LogP contribution is 2.20. The zero-order chi connectivity index (χ0) is 18.9. The van der Waals surface area contributed by atoms with Gasteiger partial charge in [0.1, 0.15) is 0 Å². The van der Waals surface area contributed by atoms with Crippen molar-refractivity contribution in [3.63, 3.8) is 0 Å². The molecule has 0 aliphatic carbocycles. The Kier molecular flexibility index (Phi) is 7.42. The first-order valence-corrected chi connectivity index (χ1v) is 6.92. The smallest absolute Gasteiger partial charge is 0.475 e. The second-order valence-electron chi connectivity index (χ2n) is 4.69. The zero-order valence-corrected chi connectivity index (χ0v) is 12.8. The Hall–Kier alpha value is -3.07. The number of carboxylic acids is 1. The first kappa shape index (κ1) is 20.0. The molecular weight excluding hydrogens is 339 g/mol. The van der Waals surface area contributed by atoms with Gasteiger partial charge in [-0.05, 0) is 11.1 Å². The van der Waals surface area contributed by atoms with Gasteiger partial charge in [-0.15, -0.1) is 0 Å². The summed E-state index contributed by atoms with van der Waals surface area (Å²) in [6, 6.07) is 19.0. The monoisotopic (exact) mass is 355 g/mol. The van der Waals surface area contributed by atoms with Gasteiger partial charge in [-0.25, -0.2) is 15.0 Å². The molecule has 0 aliphatic heterocycles. The van der Waals surface area contributed by atoms with Crippen molar-refractivity contribution >= 4 is 12.0 Å². The Morgan fingerprint density at radius 1 is 0.920 bits per heavy atom. The van der Waals surface area contributed by atoms with Crippen molar-refractivity contribution in [3.8, 4) is 0 Å². The van der Waals surface area contributed by atoms with Gasteiger partial charge in [0.2, 0.25) is 0 Å². The lowest BCUT2D eigenvalue weighted by Gasteiger charge is -2.19. The molecule has 0 saturated carbocycles. The van der Waals surface area contributed by atoms with Crippen LogP contribution >= 0.6 is 0 Å². The number of primary amides is 1. The first-order valence-electron chi connectivity index (χ1n) is 6.92. The van der Waals surface area contributed by atoms with E-state index in [2.05, 4.69) is 10.9 Å². The van der Waals surface area contributed by atoms with Gasteiger partial charge in [-0.1, -0.05) is 60.7 Å². The quantitative estimate of drug-likeness (QED) is 0.633. The minimum atomic E-state index is -5.08. The lowest BCUT2D eigenvalue weighted by Crippen LogP contribution is -2.43. The van der Waals surface area contributed by atoms with Crippen molar-refractivity contribution in [1.29, 1.82) is 0 Å². The van der Waals surface area contributed by atoms with Crippen molar-refractivity contribution in [2.24, 2.45) is 5.73 Å². The number of alkyl halides is 3. The minimum Gasteiger partial charge on any atom is -0.475 e. The summed E-state index contributed by atoms with van der Waals surface area (Å²) in [6.07, 6.45) is -5.08. The van der Waals surface area contributed by atoms with Crippen molar-refractivity contribution < 1.29 is 27.9 Å². The molecular formula is C16H16F3N3O3. The molecule has 5 N–H and O–H groups in total. The summed E-state index contributed by atoms with van der Waals surface area (Å²) < 4.78 is 31.7. The number of carbonyl (C=O) groups excluding carboxylic acids is 1. The number of carboxylic acid groups (broad SMARTS) is 1. The second kappa shape index (κ2) is 9.28. The van der Waals surface area contributed by atoms with E-state index >= 15 is 0 Å². The van der Waals surface area contributed by atoms with Crippen LogP contribution in [-0.4, -0.2) is 23.3 Å². The summed E-state index contributed by atoms with van der Waals surface area (Å²) in [5.41, 5.74) is 12.5. The standard InChI is InChI=1S/C14H15N3O.C2HF3O2/c15-14(18)17-16-13(11-7-3-1-4-8-11)12-9-5-2-6-10-12;3-2(4,5)1(6)7/h1-10,13,16H,(H3,15,17,18);(H,6,7). The van der Waals surface area contributed by atoms with Crippen LogP contribution in [-0.2, 0) is 4.79 Å². The highest BCUT2D eigenvalue weighted by atomic mass is 19.4. The Morgan fingerprint density at radius 3 is 1.56 bits per heavy atom. The zero-order valence-electron chi connectivity index (χ0n) is 12.8. The van der Waals surface area contributed by atoms with E-state index in [1.165, 1.54) is 0 Å². The molecule has 0 bridgehead atoms. The molecule has 2 aromatic rings. The van der Waals surface area contributed by atoms with Crippen molar-refractivity contribution in [2.75, 3.05) is 0 Å². The molecule has 0 aromatic heterocycles. The van der Waals surface area contributed by atoms with Crippen LogP contribution in [0.15, 0.2) is 60.7 Å². The summed E-state index contributed by atoms with van der Waals surface area (Å²) in [5.74, 6) is -2.76. The third kappa shape index (κ3) is 7.36.